The van der Waals surface area contributed by atoms with Gasteiger partial charge in [0.1, 0.15) is 0 Å². The molecule has 0 saturated carbocycles. The Kier molecular flexibility index (Phi) is 2.83. The van der Waals surface area contributed by atoms with Gasteiger partial charge in [-0.15, -0.1) is 10.2 Å². The maximum Gasteiger partial charge on any atom is 0.169 e. The number of rotatable bonds is 1. The second-order valence-electron chi connectivity index (χ2n) is 3.84. The molecule has 2 heterocycles. The largest absolute Gasteiger partial charge is 0.398 e. The molecule has 0 fully saturated rings. The second kappa shape index (κ2) is 4.37. The summed E-state index contributed by atoms with van der Waals surface area (Å²) in [5.41, 5.74) is 8.21. The van der Waals surface area contributed by atoms with Gasteiger partial charge in [-0.25, -0.2) is 0 Å². The van der Waals surface area contributed by atoms with Crippen molar-refractivity contribution in [2.24, 2.45) is 0 Å². The minimum atomic E-state index is 0.676. The molecule has 4 nitrogen and oxygen atoms in total. The monoisotopic (exact) mass is 366 g/mol. The molecule has 6 heteroatoms. The smallest absolute Gasteiger partial charge is 0.169 e. The number of fused-ring (bicyclic) bond motifs is 1. The molecule has 0 aliphatic heterocycles. The number of nitrogens with two attached hydrogens (primary N) is 1. The quantitative estimate of drug-likeness (QED) is 0.716. The molecule has 0 saturated heterocycles. The van der Waals surface area contributed by atoms with E-state index in [2.05, 4.69) is 42.1 Å². The first-order chi connectivity index (χ1) is 8.65. The first-order valence-corrected chi connectivity index (χ1v) is 6.79. The van der Waals surface area contributed by atoms with Gasteiger partial charge in [0.2, 0.25) is 0 Å². The molecule has 0 aliphatic rings. The molecular weight excluding hydrogens is 360 g/mol. The van der Waals surface area contributed by atoms with Crippen LogP contribution < -0.4 is 5.73 Å². The lowest BCUT2D eigenvalue weighted by Gasteiger charge is -2.04. The third kappa shape index (κ3) is 1.91. The molecule has 3 rings (SSSR count). The Morgan fingerprint density at radius 2 is 1.89 bits per heavy atom. The van der Waals surface area contributed by atoms with Crippen LogP contribution in [0.4, 0.5) is 5.69 Å². The summed E-state index contributed by atoms with van der Waals surface area (Å²) in [6.45, 7) is 0. The molecule has 0 aliphatic carbocycles. The minimum Gasteiger partial charge on any atom is -0.398 e. The number of nitrogen functional groups attached to an aromatic ring is 1. The zero-order valence-electron chi connectivity index (χ0n) is 9.14. The number of anilines is 1. The molecule has 1 aromatic carbocycles. The van der Waals surface area contributed by atoms with Crippen LogP contribution in [0.2, 0.25) is 0 Å². The first kappa shape index (κ1) is 11.7. The molecule has 3 aromatic rings. The predicted octanol–water partition coefficient (Wildman–Crippen LogP) is 3.50. The number of nitrogens with zero attached hydrogens (tertiary/aromatic N) is 3. The van der Waals surface area contributed by atoms with Crippen LogP contribution >= 0.6 is 31.9 Å². The lowest BCUT2D eigenvalue weighted by molar-refractivity contribution is 1.11. The van der Waals surface area contributed by atoms with Gasteiger partial charge in [-0.05, 0) is 30.3 Å². The van der Waals surface area contributed by atoms with E-state index < -0.39 is 0 Å². The Balaban J connectivity index is 2.31. The zero-order valence-corrected chi connectivity index (χ0v) is 12.3. The Bertz CT molecular complexity index is 736. The number of benzene rings is 1. The molecule has 0 spiro atoms. The van der Waals surface area contributed by atoms with Crippen molar-refractivity contribution in [2.45, 2.75) is 0 Å². The van der Waals surface area contributed by atoms with E-state index in [1.165, 1.54) is 0 Å². The third-order valence-corrected chi connectivity index (χ3v) is 3.78. The molecule has 90 valence electrons. The zero-order chi connectivity index (χ0) is 12.7. The molecule has 0 bridgehead atoms. The summed E-state index contributed by atoms with van der Waals surface area (Å²) < 4.78 is 3.82. The van der Waals surface area contributed by atoms with Crippen molar-refractivity contribution in [1.82, 2.24) is 14.6 Å². The van der Waals surface area contributed by atoms with Gasteiger partial charge in [0.15, 0.2) is 11.5 Å². The average Bonchev–Trinajstić information content (AvgIpc) is 2.75. The van der Waals surface area contributed by atoms with Crippen LogP contribution in [0.5, 0.6) is 0 Å². The summed E-state index contributed by atoms with van der Waals surface area (Å²) in [7, 11) is 0. The molecule has 2 aromatic heterocycles. The Morgan fingerprint density at radius 1 is 1.06 bits per heavy atom. The lowest BCUT2D eigenvalue weighted by Crippen LogP contribution is -1.93. The Labute approximate surface area is 120 Å². The second-order valence-corrected chi connectivity index (χ2v) is 5.61. The van der Waals surface area contributed by atoms with Crippen molar-refractivity contribution in [3.8, 4) is 11.4 Å². The van der Waals surface area contributed by atoms with E-state index in [0.717, 1.165) is 26.0 Å². The number of hydrogen-bond acceptors (Lipinski definition) is 3. The van der Waals surface area contributed by atoms with Crippen molar-refractivity contribution < 1.29 is 0 Å². The molecule has 0 atom stereocenters. The van der Waals surface area contributed by atoms with Gasteiger partial charge >= 0.3 is 0 Å². The molecule has 0 unspecified atom stereocenters. The fraction of sp³-hybridized carbons (Fsp3) is 0. The van der Waals surface area contributed by atoms with Crippen LogP contribution in [0, 0.1) is 0 Å². The van der Waals surface area contributed by atoms with Crippen LogP contribution in [0.1, 0.15) is 0 Å². The molecule has 2 N–H and O–H groups in total. The maximum absolute atomic E-state index is 5.80. The summed E-state index contributed by atoms with van der Waals surface area (Å²) in [6, 6.07) is 9.57. The normalized spacial score (nSPS) is 11.0. The first-order valence-electron chi connectivity index (χ1n) is 5.21. The van der Waals surface area contributed by atoms with E-state index in [1.807, 2.05) is 40.9 Å². The fourth-order valence-electron chi connectivity index (χ4n) is 1.76. The van der Waals surface area contributed by atoms with Crippen LogP contribution in [-0.2, 0) is 0 Å². The van der Waals surface area contributed by atoms with Crippen LogP contribution in [0.25, 0.3) is 17.0 Å². The Morgan fingerprint density at radius 3 is 2.72 bits per heavy atom. The van der Waals surface area contributed by atoms with Crippen molar-refractivity contribution >= 4 is 43.2 Å². The van der Waals surface area contributed by atoms with Gasteiger partial charge < -0.3 is 5.73 Å². The van der Waals surface area contributed by atoms with Crippen molar-refractivity contribution in [2.75, 3.05) is 5.73 Å². The van der Waals surface area contributed by atoms with E-state index in [0.29, 0.717) is 5.69 Å². The summed E-state index contributed by atoms with van der Waals surface area (Å²) in [4.78, 5) is 0. The minimum absolute atomic E-state index is 0.676. The van der Waals surface area contributed by atoms with Crippen LogP contribution in [0.15, 0.2) is 45.5 Å². The van der Waals surface area contributed by atoms with E-state index in [1.54, 1.807) is 0 Å². The summed E-state index contributed by atoms with van der Waals surface area (Å²) in [5.74, 6) is 0.755. The van der Waals surface area contributed by atoms with Gasteiger partial charge in [0, 0.05) is 26.4 Å². The third-order valence-electron chi connectivity index (χ3n) is 2.59. The SMILES string of the molecule is Nc1ccc2nnc(-c3cc(Br)ccc3Br)n2c1. The predicted molar refractivity (Wildman–Crippen MR) is 78.2 cm³/mol. The number of hydrogen-bond donors (Lipinski definition) is 1. The van der Waals surface area contributed by atoms with Crippen molar-refractivity contribution in [3.63, 3.8) is 0 Å². The van der Waals surface area contributed by atoms with Crippen molar-refractivity contribution in [1.29, 1.82) is 0 Å². The van der Waals surface area contributed by atoms with Crippen molar-refractivity contribution in [3.05, 3.63) is 45.5 Å². The highest BCUT2D eigenvalue weighted by Crippen LogP contribution is 2.30. The average molecular weight is 368 g/mol. The summed E-state index contributed by atoms with van der Waals surface area (Å²) in [5, 5.41) is 8.34. The van der Waals surface area contributed by atoms with Gasteiger partial charge in [-0.1, -0.05) is 31.9 Å². The summed E-state index contributed by atoms with van der Waals surface area (Å²) >= 11 is 6.98. The highest BCUT2D eigenvalue weighted by atomic mass is 79.9. The highest BCUT2D eigenvalue weighted by Gasteiger charge is 2.11. The molecule has 18 heavy (non-hydrogen) atoms. The highest BCUT2D eigenvalue weighted by molar-refractivity contribution is 9.11. The van der Waals surface area contributed by atoms with Gasteiger partial charge in [0.25, 0.3) is 0 Å². The standard InChI is InChI=1S/C12H8Br2N4/c13-7-1-3-10(14)9(5-7)12-17-16-11-4-2-8(15)6-18(11)12/h1-6H,15H2. The lowest BCUT2D eigenvalue weighted by atomic mass is 10.2. The Hall–Kier alpha value is -1.40. The summed E-state index contributed by atoms with van der Waals surface area (Å²) in [6.07, 6.45) is 1.82. The van der Waals surface area contributed by atoms with Gasteiger partial charge in [-0.2, -0.15) is 0 Å². The maximum atomic E-state index is 5.80. The van der Waals surface area contributed by atoms with E-state index in [4.69, 9.17) is 5.73 Å². The van der Waals surface area contributed by atoms with E-state index in [-0.39, 0.29) is 0 Å². The van der Waals surface area contributed by atoms with E-state index in [9.17, 15) is 0 Å². The van der Waals surface area contributed by atoms with E-state index >= 15 is 0 Å². The number of aromatic nitrogens is 3. The van der Waals surface area contributed by atoms with Gasteiger partial charge in [0.05, 0.1) is 0 Å². The number of pyridine rings is 1. The topological polar surface area (TPSA) is 56.2 Å². The van der Waals surface area contributed by atoms with Crippen LogP contribution in [0.3, 0.4) is 0 Å². The fourth-order valence-corrected chi connectivity index (χ4v) is 2.54. The van der Waals surface area contributed by atoms with Crippen LogP contribution in [-0.4, -0.2) is 14.6 Å². The number of halogens is 2. The molecule has 0 amide bonds. The molecular formula is C12H8Br2N4. The van der Waals surface area contributed by atoms with Gasteiger partial charge in [-0.3, -0.25) is 4.40 Å². The molecule has 0 radical (unpaired) electrons.